The summed E-state index contributed by atoms with van der Waals surface area (Å²) in [5, 5.41) is 46.3. The van der Waals surface area contributed by atoms with Crippen LogP contribution >= 0.6 is 11.8 Å². The third kappa shape index (κ3) is 11.7. The molecule has 306 valence electrons. The van der Waals surface area contributed by atoms with E-state index in [9.17, 15) is 44.1 Å². The molecule has 0 spiro atoms. The Labute approximate surface area is 344 Å². The Bertz CT molecular complexity index is 2140. The van der Waals surface area contributed by atoms with Crippen LogP contribution in [0.15, 0.2) is 121 Å². The maximum absolute atomic E-state index is 14.4. The smallest absolute Gasteiger partial charge is 0.326 e. The SMILES string of the molecule is O=C(O)[C@@H]1Cc2ccc(cc2)NC(=O)[C@H](O)[C@@H](O)C(=O)N[C@H](CC2CC=CS2)C(=O)N[C@@H](Cc2ccc(-c3ccccc3)cc2)C(=O)N[C@H](Cc2ccccc2)C(=O)N1. The van der Waals surface area contributed by atoms with E-state index in [1.807, 2.05) is 66.1 Å². The lowest BCUT2D eigenvalue weighted by Crippen LogP contribution is -2.60. The molecule has 3 aliphatic rings. The van der Waals surface area contributed by atoms with Crippen LogP contribution in [0.2, 0.25) is 0 Å². The predicted molar refractivity (Wildman–Crippen MR) is 222 cm³/mol. The van der Waals surface area contributed by atoms with E-state index in [0.717, 1.165) is 11.1 Å². The van der Waals surface area contributed by atoms with Crippen molar-refractivity contribution in [2.24, 2.45) is 0 Å². The Morgan fingerprint density at radius 2 is 1.12 bits per heavy atom. The number of thioether (sulfide) groups is 1. The molecule has 4 aromatic rings. The van der Waals surface area contributed by atoms with Gasteiger partial charge >= 0.3 is 5.97 Å². The highest BCUT2D eigenvalue weighted by Gasteiger charge is 2.36. The van der Waals surface area contributed by atoms with Crippen LogP contribution in [0.5, 0.6) is 0 Å². The fourth-order valence-electron chi connectivity index (χ4n) is 6.78. The summed E-state index contributed by atoms with van der Waals surface area (Å²) in [4.78, 5) is 81.4. The largest absolute Gasteiger partial charge is 0.480 e. The van der Waals surface area contributed by atoms with Crippen molar-refractivity contribution in [1.29, 1.82) is 0 Å². The van der Waals surface area contributed by atoms with Crippen LogP contribution in [0.25, 0.3) is 11.1 Å². The molecule has 7 rings (SSSR count). The lowest BCUT2D eigenvalue weighted by atomic mass is 9.98. The van der Waals surface area contributed by atoms with Gasteiger partial charge in [0, 0.05) is 30.2 Å². The lowest BCUT2D eigenvalue weighted by molar-refractivity contribution is -0.145. The first-order chi connectivity index (χ1) is 28.4. The number of aliphatic hydroxyl groups is 2. The molecule has 0 saturated heterocycles. The first kappa shape index (κ1) is 42.3. The average Bonchev–Trinajstić information content (AvgIpc) is 3.76. The number of allylic oxidation sites excluding steroid dienone is 1. The summed E-state index contributed by atoms with van der Waals surface area (Å²) in [5.41, 5.74) is 3.84. The highest BCUT2D eigenvalue weighted by molar-refractivity contribution is 8.03. The minimum absolute atomic E-state index is 0.0175. The number of rotatable bonds is 8. The Morgan fingerprint density at radius 1 is 0.593 bits per heavy atom. The summed E-state index contributed by atoms with van der Waals surface area (Å²) in [6, 6.07) is 26.3. The summed E-state index contributed by atoms with van der Waals surface area (Å²) in [7, 11) is 0. The number of carboxylic acid groups (broad SMARTS) is 1. The minimum Gasteiger partial charge on any atom is -0.480 e. The normalized spacial score (nSPS) is 24.5. The lowest BCUT2D eigenvalue weighted by Gasteiger charge is -2.27. The van der Waals surface area contributed by atoms with Crippen molar-refractivity contribution >= 4 is 53.0 Å². The zero-order chi connectivity index (χ0) is 41.9. The highest BCUT2D eigenvalue weighted by atomic mass is 32.2. The summed E-state index contributed by atoms with van der Waals surface area (Å²) < 4.78 is 0. The van der Waals surface area contributed by atoms with Crippen LogP contribution in [0.3, 0.4) is 0 Å². The van der Waals surface area contributed by atoms with E-state index in [-0.39, 0.29) is 36.6 Å². The van der Waals surface area contributed by atoms with Gasteiger partial charge in [0.15, 0.2) is 12.2 Å². The van der Waals surface area contributed by atoms with E-state index in [0.29, 0.717) is 23.1 Å². The first-order valence-corrected chi connectivity index (χ1v) is 20.1. The monoisotopic (exact) mass is 819 g/mol. The molecule has 4 aromatic carbocycles. The number of carboxylic acids is 1. The Balaban J connectivity index is 1.36. The van der Waals surface area contributed by atoms with Crippen molar-refractivity contribution in [1.82, 2.24) is 21.3 Å². The van der Waals surface area contributed by atoms with Crippen LogP contribution in [0.4, 0.5) is 5.69 Å². The maximum atomic E-state index is 14.4. The van der Waals surface area contributed by atoms with Gasteiger partial charge in [-0.1, -0.05) is 103 Å². The molecule has 3 heterocycles. The van der Waals surface area contributed by atoms with E-state index >= 15 is 0 Å². The molecule has 2 bridgehead atoms. The Morgan fingerprint density at radius 3 is 1.71 bits per heavy atom. The first-order valence-electron chi connectivity index (χ1n) is 19.1. The molecule has 0 radical (unpaired) electrons. The number of anilines is 1. The van der Waals surface area contributed by atoms with Crippen LogP contribution in [-0.4, -0.2) is 92.5 Å². The molecule has 15 heteroatoms. The molecule has 0 aliphatic carbocycles. The van der Waals surface area contributed by atoms with Gasteiger partial charge < -0.3 is 41.9 Å². The molecule has 59 heavy (non-hydrogen) atoms. The van der Waals surface area contributed by atoms with Gasteiger partial charge in [-0.15, -0.1) is 11.8 Å². The molecule has 8 N–H and O–H groups in total. The van der Waals surface area contributed by atoms with Crippen LogP contribution in [-0.2, 0) is 48.0 Å². The van der Waals surface area contributed by atoms with Crippen molar-refractivity contribution in [3.05, 3.63) is 137 Å². The highest BCUT2D eigenvalue weighted by Crippen LogP contribution is 2.28. The van der Waals surface area contributed by atoms with Crippen molar-refractivity contribution < 1.29 is 44.1 Å². The standard InChI is InChI=1S/C44H45N5O9S/c50-37-38(51)43(56)48-35(25-32-12-7-21-59-32)41(54)47-34(23-27-13-17-30(18-14-27)29-10-5-2-6-11-29)39(52)46-33(22-26-8-3-1-4-9-26)40(53)49-36(44(57)58)24-28-15-19-31(20-16-28)45-42(37)55/h1-11,13-21,32-38,50-51H,12,22-25H2,(H,45,55)(H,46,52)(H,47,54)(H,48,56)(H,49,53)(H,57,58)/t32?,33-,34+,35-,36+,37-,38-/m1/s1. The van der Waals surface area contributed by atoms with E-state index < -0.39 is 71.9 Å². The number of hydrogen-bond donors (Lipinski definition) is 8. The van der Waals surface area contributed by atoms with Gasteiger partial charge in [-0.25, -0.2) is 4.79 Å². The van der Waals surface area contributed by atoms with Crippen molar-refractivity contribution in [3.63, 3.8) is 0 Å². The fraction of sp³-hybridized carbons (Fsp3) is 0.273. The summed E-state index contributed by atoms with van der Waals surface area (Å²) in [6.45, 7) is 0. The number of benzene rings is 4. The third-order valence-electron chi connectivity index (χ3n) is 10.1. The zero-order valence-electron chi connectivity index (χ0n) is 31.8. The van der Waals surface area contributed by atoms with Crippen LogP contribution in [0.1, 0.15) is 29.5 Å². The fourth-order valence-corrected chi connectivity index (χ4v) is 7.75. The van der Waals surface area contributed by atoms with Gasteiger partial charge in [-0.2, -0.15) is 0 Å². The number of carbonyl (C=O) groups excluding carboxylic acids is 5. The van der Waals surface area contributed by atoms with Crippen molar-refractivity contribution in [3.8, 4) is 11.1 Å². The predicted octanol–water partition coefficient (Wildman–Crippen LogP) is 2.49. The second-order valence-electron chi connectivity index (χ2n) is 14.4. The molecular formula is C44H45N5O9S. The number of aliphatic carboxylic acids is 1. The summed E-state index contributed by atoms with van der Waals surface area (Å²) >= 11 is 1.43. The third-order valence-corrected chi connectivity index (χ3v) is 11.2. The Hall–Kier alpha value is -6.29. The minimum atomic E-state index is -2.28. The summed E-state index contributed by atoms with van der Waals surface area (Å²) in [6.07, 6.45) is -2.22. The maximum Gasteiger partial charge on any atom is 0.326 e. The molecule has 0 aromatic heterocycles. The van der Waals surface area contributed by atoms with E-state index in [2.05, 4.69) is 26.6 Å². The zero-order valence-corrected chi connectivity index (χ0v) is 32.6. The molecule has 0 fully saturated rings. The number of fused-ring (bicyclic) bond motifs is 18. The molecule has 14 nitrogen and oxygen atoms in total. The van der Waals surface area contributed by atoms with Gasteiger partial charge in [0.05, 0.1) is 0 Å². The second-order valence-corrected chi connectivity index (χ2v) is 15.6. The summed E-state index contributed by atoms with van der Waals surface area (Å²) in [5.74, 6) is -5.97. The Kier molecular flexibility index (Phi) is 14.3. The number of carbonyl (C=O) groups is 6. The quantitative estimate of drug-likeness (QED) is 0.121. The molecule has 0 saturated carbocycles. The molecule has 5 amide bonds. The van der Waals surface area contributed by atoms with E-state index in [4.69, 9.17) is 0 Å². The number of aliphatic hydroxyl groups excluding tert-OH is 2. The van der Waals surface area contributed by atoms with Gasteiger partial charge in [0.25, 0.3) is 11.8 Å². The van der Waals surface area contributed by atoms with Gasteiger partial charge in [0.1, 0.15) is 24.2 Å². The average molecular weight is 820 g/mol. The van der Waals surface area contributed by atoms with Gasteiger partial charge in [0.2, 0.25) is 17.7 Å². The molecule has 3 aliphatic heterocycles. The van der Waals surface area contributed by atoms with Gasteiger partial charge in [-0.05, 0) is 58.2 Å². The molecule has 7 atom stereocenters. The molecule has 1 unspecified atom stereocenters. The van der Waals surface area contributed by atoms with E-state index in [1.165, 1.54) is 36.0 Å². The van der Waals surface area contributed by atoms with Crippen molar-refractivity contribution in [2.45, 2.75) is 73.7 Å². The number of hydrogen-bond acceptors (Lipinski definition) is 9. The second kappa shape index (κ2) is 19.9. The van der Waals surface area contributed by atoms with Gasteiger partial charge in [-0.3, -0.25) is 24.0 Å². The topological polar surface area (TPSA) is 223 Å². The van der Waals surface area contributed by atoms with E-state index in [1.54, 1.807) is 30.3 Å². The van der Waals surface area contributed by atoms with Crippen molar-refractivity contribution in [2.75, 3.05) is 5.32 Å². The van der Waals surface area contributed by atoms with Crippen LogP contribution < -0.4 is 26.6 Å². The van der Waals surface area contributed by atoms with Crippen LogP contribution in [0, 0.1) is 0 Å². The number of nitrogens with one attached hydrogen (secondary N) is 5. The number of amides is 5. The molecular weight excluding hydrogens is 775 g/mol.